The van der Waals surface area contributed by atoms with Gasteiger partial charge in [-0.15, -0.1) is 0 Å². The van der Waals surface area contributed by atoms with E-state index in [0.717, 1.165) is 0 Å². The zero-order chi connectivity index (χ0) is 15.1. The standard InChI is InChI=1S/C15H20FNO3/c1-3-13(15(19)20)17-14(18)10(2)8-9-11-6-4-5-7-12(11)16/h4-7,10,13H,3,8-9H2,1-2H3,(H,17,18)(H,19,20). The third-order valence-electron chi connectivity index (χ3n) is 3.27. The third kappa shape index (κ3) is 4.64. The monoisotopic (exact) mass is 281 g/mol. The van der Waals surface area contributed by atoms with Gasteiger partial charge in [0, 0.05) is 5.92 Å². The van der Waals surface area contributed by atoms with E-state index in [9.17, 15) is 14.0 Å². The summed E-state index contributed by atoms with van der Waals surface area (Å²) in [6.07, 6.45) is 1.26. The predicted molar refractivity (Wildman–Crippen MR) is 73.7 cm³/mol. The van der Waals surface area contributed by atoms with E-state index in [1.807, 2.05) is 0 Å². The first-order valence-corrected chi connectivity index (χ1v) is 6.72. The molecular weight excluding hydrogens is 261 g/mol. The van der Waals surface area contributed by atoms with Crippen LogP contribution in [0.1, 0.15) is 32.3 Å². The fourth-order valence-electron chi connectivity index (χ4n) is 1.86. The summed E-state index contributed by atoms with van der Waals surface area (Å²) in [5.74, 6) is -1.99. The number of carbonyl (C=O) groups is 2. The molecule has 110 valence electrons. The maximum Gasteiger partial charge on any atom is 0.326 e. The first-order chi connectivity index (χ1) is 9.45. The summed E-state index contributed by atoms with van der Waals surface area (Å²) in [6.45, 7) is 3.41. The molecule has 0 spiro atoms. The van der Waals surface area contributed by atoms with Gasteiger partial charge in [0.1, 0.15) is 11.9 Å². The molecular formula is C15H20FNO3. The highest BCUT2D eigenvalue weighted by atomic mass is 19.1. The van der Waals surface area contributed by atoms with Crippen LogP contribution in [0.15, 0.2) is 24.3 Å². The van der Waals surface area contributed by atoms with Crippen molar-refractivity contribution in [1.29, 1.82) is 0 Å². The lowest BCUT2D eigenvalue weighted by molar-refractivity contribution is -0.142. The van der Waals surface area contributed by atoms with Crippen molar-refractivity contribution in [3.8, 4) is 0 Å². The van der Waals surface area contributed by atoms with E-state index >= 15 is 0 Å². The smallest absolute Gasteiger partial charge is 0.326 e. The van der Waals surface area contributed by atoms with Gasteiger partial charge < -0.3 is 10.4 Å². The highest BCUT2D eigenvalue weighted by Gasteiger charge is 2.21. The molecule has 4 nitrogen and oxygen atoms in total. The molecule has 1 rings (SSSR count). The number of nitrogens with one attached hydrogen (secondary N) is 1. The van der Waals surface area contributed by atoms with Crippen LogP contribution < -0.4 is 5.32 Å². The molecule has 5 heteroatoms. The number of aliphatic carboxylic acids is 1. The Kier molecular flexibility index (Phi) is 6.15. The average molecular weight is 281 g/mol. The van der Waals surface area contributed by atoms with Crippen LogP contribution in [-0.4, -0.2) is 23.0 Å². The minimum absolute atomic E-state index is 0.280. The van der Waals surface area contributed by atoms with Gasteiger partial charge in [0.2, 0.25) is 5.91 Å². The van der Waals surface area contributed by atoms with Crippen molar-refractivity contribution >= 4 is 11.9 Å². The Bertz CT molecular complexity index is 476. The van der Waals surface area contributed by atoms with E-state index in [0.29, 0.717) is 24.8 Å². The van der Waals surface area contributed by atoms with Crippen LogP contribution in [0.5, 0.6) is 0 Å². The second kappa shape index (κ2) is 7.62. The van der Waals surface area contributed by atoms with E-state index < -0.39 is 12.0 Å². The molecule has 0 saturated carbocycles. The van der Waals surface area contributed by atoms with Gasteiger partial charge in [-0.2, -0.15) is 0 Å². The zero-order valence-corrected chi connectivity index (χ0v) is 11.7. The molecule has 0 bridgehead atoms. The summed E-state index contributed by atoms with van der Waals surface area (Å²) in [7, 11) is 0. The molecule has 0 aromatic heterocycles. The molecule has 0 heterocycles. The molecule has 2 N–H and O–H groups in total. The molecule has 0 radical (unpaired) electrons. The second-order valence-corrected chi connectivity index (χ2v) is 4.84. The van der Waals surface area contributed by atoms with E-state index in [1.54, 1.807) is 32.0 Å². The Labute approximate surface area is 118 Å². The average Bonchev–Trinajstić information content (AvgIpc) is 2.42. The molecule has 20 heavy (non-hydrogen) atoms. The summed E-state index contributed by atoms with van der Waals surface area (Å²) in [4.78, 5) is 22.7. The molecule has 0 saturated heterocycles. The van der Waals surface area contributed by atoms with Crippen LogP contribution in [0.2, 0.25) is 0 Å². The number of amides is 1. The van der Waals surface area contributed by atoms with Gasteiger partial charge in [0.25, 0.3) is 0 Å². The van der Waals surface area contributed by atoms with E-state index in [-0.39, 0.29) is 17.6 Å². The zero-order valence-electron chi connectivity index (χ0n) is 11.7. The van der Waals surface area contributed by atoms with Gasteiger partial charge in [0.15, 0.2) is 0 Å². The highest BCUT2D eigenvalue weighted by molar-refractivity contribution is 5.84. The number of carboxylic acid groups (broad SMARTS) is 1. The van der Waals surface area contributed by atoms with Gasteiger partial charge in [-0.25, -0.2) is 9.18 Å². The number of benzene rings is 1. The Morgan fingerprint density at radius 3 is 2.55 bits per heavy atom. The van der Waals surface area contributed by atoms with Crippen LogP contribution in [0.3, 0.4) is 0 Å². The Morgan fingerprint density at radius 1 is 1.35 bits per heavy atom. The van der Waals surface area contributed by atoms with Gasteiger partial charge in [-0.1, -0.05) is 32.0 Å². The minimum atomic E-state index is -1.04. The normalized spacial score (nSPS) is 13.6. The molecule has 1 aromatic carbocycles. The van der Waals surface area contributed by atoms with E-state index in [4.69, 9.17) is 5.11 Å². The number of hydrogen-bond acceptors (Lipinski definition) is 2. The van der Waals surface area contributed by atoms with Crippen LogP contribution in [0.25, 0.3) is 0 Å². The number of aryl methyl sites for hydroxylation is 1. The number of carbonyl (C=O) groups excluding carboxylic acids is 1. The summed E-state index contributed by atoms with van der Waals surface area (Å²) in [6, 6.07) is 5.58. The van der Waals surface area contributed by atoms with E-state index in [1.165, 1.54) is 6.07 Å². The summed E-state index contributed by atoms with van der Waals surface area (Å²) in [5.41, 5.74) is 0.567. The first-order valence-electron chi connectivity index (χ1n) is 6.72. The van der Waals surface area contributed by atoms with Crippen LogP contribution in [0, 0.1) is 11.7 Å². The summed E-state index contributed by atoms with van der Waals surface area (Å²) >= 11 is 0. The van der Waals surface area contributed by atoms with Crippen LogP contribution in [0.4, 0.5) is 4.39 Å². The largest absolute Gasteiger partial charge is 0.480 e. The van der Waals surface area contributed by atoms with Gasteiger partial charge in [-0.05, 0) is 30.9 Å². The first kappa shape index (κ1) is 16.1. The number of halogens is 1. The second-order valence-electron chi connectivity index (χ2n) is 4.84. The maximum absolute atomic E-state index is 13.4. The van der Waals surface area contributed by atoms with E-state index in [2.05, 4.69) is 5.32 Å². The molecule has 0 aliphatic rings. The molecule has 2 atom stereocenters. The third-order valence-corrected chi connectivity index (χ3v) is 3.27. The van der Waals surface area contributed by atoms with Crippen molar-refractivity contribution < 1.29 is 19.1 Å². The Hall–Kier alpha value is -1.91. The maximum atomic E-state index is 13.4. The Morgan fingerprint density at radius 2 is 2.00 bits per heavy atom. The van der Waals surface area contributed by atoms with Crippen molar-refractivity contribution in [2.75, 3.05) is 0 Å². The van der Waals surface area contributed by atoms with Crippen molar-refractivity contribution in [1.82, 2.24) is 5.32 Å². The van der Waals surface area contributed by atoms with Gasteiger partial charge in [0.05, 0.1) is 0 Å². The minimum Gasteiger partial charge on any atom is -0.480 e. The molecule has 0 aliphatic heterocycles. The SMILES string of the molecule is CCC(NC(=O)C(C)CCc1ccccc1F)C(=O)O. The van der Waals surface area contributed by atoms with Gasteiger partial charge in [-0.3, -0.25) is 4.79 Å². The lowest BCUT2D eigenvalue weighted by Gasteiger charge is -2.16. The van der Waals surface area contributed by atoms with Crippen molar-refractivity contribution in [3.63, 3.8) is 0 Å². The van der Waals surface area contributed by atoms with Gasteiger partial charge >= 0.3 is 5.97 Å². The molecule has 2 unspecified atom stereocenters. The highest BCUT2D eigenvalue weighted by Crippen LogP contribution is 2.13. The summed E-state index contributed by atoms with van der Waals surface area (Å²) < 4.78 is 13.4. The van der Waals surface area contributed by atoms with Crippen molar-refractivity contribution in [2.45, 2.75) is 39.2 Å². The van der Waals surface area contributed by atoms with Crippen molar-refractivity contribution in [2.24, 2.45) is 5.92 Å². The molecule has 0 aliphatic carbocycles. The molecule has 1 aromatic rings. The number of rotatable bonds is 7. The number of carboxylic acids is 1. The lowest BCUT2D eigenvalue weighted by Crippen LogP contribution is -2.42. The predicted octanol–water partition coefficient (Wildman–Crippen LogP) is 2.37. The molecule has 0 fully saturated rings. The number of hydrogen-bond donors (Lipinski definition) is 2. The molecule has 1 amide bonds. The van der Waals surface area contributed by atoms with Crippen LogP contribution in [-0.2, 0) is 16.0 Å². The van der Waals surface area contributed by atoms with Crippen molar-refractivity contribution in [3.05, 3.63) is 35.6 Å². The van der Waals surface area contributed by atoms with Crippen LogP contribution >= 0.6 is 0 Å². The summed E-state index contributed by atoms with van der Waals surface area (Å²) in [5, 5.41) is 11.4. The fourth-order valence-corrected chi connectivity index (χ4v) is 1.86. The topological polar surface area (TPSA) is 66.4 Å². The Balaban J connectivity index is 2.50. The fraction of sp³-hybridized carbons (Fsp3) is 0.467. The quantitative estimate of drug-likeness (QED) is 0.806. The lowest BCUT2D eigenvalue weighted by atomic mass is 9.99.